The molecule has 0 spiro atoms. The first-order valence-electron chi connectivity index (χ1n) is 5.74. The van der Waals surface area contributed by atoms with E-state index in [1.54, 1.807) is 13.8 Å². The predicted molar refractivity (Wildman–Crippen MR) is 65.9 cm³/mol. The van der Waals surface area contributed by atoms with Crippen LogP contribution >= 0.6 is 0 Å². The molecule has 0 radical (unpaired) electrons. The molecule has 0 aromatic carbocycles. The number of hydrogen-bond donors (Lipinski definition) is 3. The van der Waals surface area contributed by atoms with Crippen molar-refractivity contribution >= 4 is 23.8 Å². The second-order valence-electron chi connectivity index (χ2n) is 4.67. The molecule has 1 saturated heterocycles. The van der Waals surface area contributed by atoms with Crippen molar-refractivity contribution in [1.29, 1.82) is 0 Å². The number of imide groups is 1. The highest BCUT2D eigenvalue weighted by Crippen LogP contribution is 2.16. The number of aromatic amines is 1. The Bertz CT molecular complexity index is 566. The quantitative estimate of drug-likeness (QED) is 0.612. The van der Waals surface area contributed by atoms with Crippen molar-refractivity contribution in [1.82, 2.24) is 25.4 Å². The minimum atomic E-state index is -1.01. The molecular weight excluding hydrogens is 268 g/mol. The van der Waals surface area contributed by atoms with Crippen LogP contribution in [0.1, 0.15) is 13.8 Å². The third kappa shape index (κ3) is 2.53. The Balaban J connectivity index is 1.98. The standard InChI is InChI=1S/C10H14N6O4/c1-10(2)6(18)16(9(19)13-10)4-5(17)11-7-12-8(20-3)15-14-7/h4H2,1-3H3,(H,13,19)(H2,11,12,14,15,17). The molecule has 1 aliphatic heterocycles. The summed E-state index contributed by atoms with van der Waals surface area (Å²) in [5, 5.41) is 10.9. The Morgan fingerprint density at radius 2 is 2.15 bits per heavy atom. The SMILES string of the molecule is COc1n[nH]c(NC(=O)CN2C(=O)NC(C)(C)C2=O)n1. The van der Waals surface area contributed by atoms with Crippen molar-refractivity contribution in [2.75, 3.05) is 19.0 Å². The van der Waals surface area contributed by atoms with Gasteiger partial charge in [-0.3, -0.25) is 19.8 Å². The van der Waals surface area contributed by atoms with E-state index in [1.165, 1.54) is 7.11 Å². The highest BCUT2D eigenvalue weighted by atomic mass is 16.5. The van der Waals surface area contributed by atoms with E-state index in [-0.39, 0.29) is 12.0 Å². The van der Waals surface area contributed by atoms with Crippen LogP contribution in [0.15, 0.2) is 0 Å². The zero-order valence-electron chi connectivity index (χ0n) is 11.2. The molecule has 20 heavy (non-hydrogen) atoms. The van der Waals surface area contributed by atoms with Crippen LogP contribution in [-0.4, -0.2) is 57.1 Å². The molecule has 2 heterocycles. The number of nitrogens with one attached hydrogen (secondary N) is 3. The summed E-state index contributed by atoms with van der Waals surface area (Å²) in [4.78, 5) is 39.9. The molecule has 0 atom stereocenters. The monoisotopic (exact) mass is 282 g/mol. The van der Waals surface area contributed by atoms with E-state index >= 15 is 0 Å². The molecule has 0 saturated carbocycles. The lowest BCUT2D eigenvalue weighted by molar-refractivity contribution is -0.132. The molecule has 108 valence electrons. The van der Waals surface area contributed by atoms with Gasteiger partial charge in [0.25, 0.3) is 5.91 Å². The number of ether oxygens (including phenoxy) is 1. The molecule has 0 unspecified atom stereocenters. The van der Waals surface area contributed by atoms with Crippen LogP contribution in [0.2, 0.25) is 0 Å². The summed E-state index contributed by atoms with van der Waals surface area (Å²) in [5.74, 6) is -0.976. The molecule has 1 aromatic heterocycles. The van der Waals surface area contributed by atoms with Gasteiger partial charge in [0.05, 0.1) is 7.11 Å². The molecule has 10 heteroatoms. The molecule has 2 rings (SSSR count). The predicted octanol–water partition coefficient (Wildman–Crippen LogP) is -0.918. The van der Waals surface area contributed by atoms with Gasteiger partial charge in [-0.25, -0.2) is 9.89 Å². The van der Waals surface area contributed by atoms with E-state index in [2.05, 4.69) is 25.8 Å². The number of nitrogens with zero attached hydrogens (tertiary/aromatic N) is 3. The second-order valence-corrected chi connectivity index (χ2v) is 4.67. The number of urea groups is 1. The number of methoxy groups -OCH3 is 1. The first-order chi connectivity index (χ1) is 9.33. The van der Waals surface area contributed by atoms with Crippen LogP contribution < -0.4 is 15.4 Å². The van der Waals surface area contributed by atoms with Crippen LogP contribution in [0.5, 0.6) is 6.01 Å². The van der Waals surface area contributed by atoms with Crippen molar-refractivity contribution in [2.24, 2.45) is 0 Å². The highest BCUT2D eigenvalue weighted by molar-refractivity contribution is 6.09. The summed E-state index contributed by atoms with van der Waals surface area (Å²) >= 11 is 0. The van der Waals surface area contributed by atoms with Gasteiger partial charge in [0.2, 0.25) is 11.9 Å². The van der Waals surface area contributed by atoms with Gasteiger partial charge in [-0.15, -0.1) is 5.10 Å². The number of amides is 4. The van der Waals surface area contributed by atoms with Crippen LogP contribution in [0, 0.1) is 0 Å². The molecule has 10 nitrogen and oxygen atoms in total. The summed E-state index contributed by atoms with van der Waals surface area (Å²) in [6, 6.07) is -0.540. The summed E-state index contributed by atoms with van der Waals surface area (Å²) in [6.45, 7) is 2.72. The van der Waals surface area contributed by atoms with Crippen LogP contribution in [0.3, 0.4) is 0 Å². The fourth-order valence-electron chi connectivity index (χ4n) is 1.67. The Labute approximate surface area is 113 Å². The smallest absolute Gasteiger partial charge is 0.336 e. The van der Waals surface area contributed by atoms with Gasteiger partial charge in [0.15, 0.2) is 0 Å². The van der Waals surface area contributed by atoms with Gasteiger partial charge < -0.3 is 10.1 Å². The lowest BCUT2D eigenvalue weighted by atomic mass is 10.1. The second kappa shape index (κ2) is 4.79. The number of rotatable bonds is 4. The minimum absolute atomic E-state index is 0.0661. The maximum Gasteiger partial charge on any atom is 0.336 e. The zero-order valence-corrected chi connectivity index (χ0v) is 11.2. The van der Waals surface area contributed by atoms with Gasteiger partial charge in [-0.1, -0.05) is 0 Å². The Morgan fingerprint density at radius 3 is 2.65 bits per heavy atom. The minimum Gasteiger partial charge on any atom is -0.466 e. The van der Waals surface area contributed by atoms with Gasteiger partial charge in [-0.2, -0.15) is 4.98 Å². The van der Waals surface area contributed by atoms with Gasteiger partial charge >= 0.3 is 12.0 Å². The molecule has 1 aromatic rings. The van der Waals surface area contributed by atoms with Crippen LogP contribution in [-0.2, 0) is 9.59 Å². The first kappa shape index (κ1) is 13.8. The third-order valence-electron chi connectivity index (χ3n) is 2.65. The number of anilines is 1. The molecule has 3 N–H and O–H groups in total. The van der Waals surface area contributed by atoms with Gasteiger partial charge in [-0.05, 0) is 13.8 Å². The summed E-state index contributed by atoms with van der Waals surface area (Å²) in [6.07, 6.45) is 0. The number of aromatic nitrogens is 3. The van der Waals surface area contributed by atoms with E-state index < -0.39 is 29.9 Å². The summed E-state index contributed by atoms with van der Waals surface area (Å²) < 4.78 is 4.74. The largest absolute Gasteiger partial charge is 0.466 e. The van der Waals surface area contributed by atoms with Crippen LogP contribution in [0.4, 0.5) is 10.7 Å². The van der Waals surface area contributed by atoms with Gasteiger partial charge in [0.1, 0.15) is 12.1 Å². The summed E-state index contributed by atoms with van der Waals surface area (Å²) in [7, 11) is 1.38. The van der Waals surface area contributed by atoms with Crippen molar-refractivity contribution in [3.8, 4) is 6.01 Å². The van der Waals surface area contributed by atoms with E-state index in [9.17, 15) is 14.4 Å². The molecule has 1 fully saturated rings. The zero-order chi connectivity index (χ0) is 14.9. The Kier molecular flexibility index (Phi) is 3.30. The topological polar surface area (TPSA) is 129 Å². The number of H-pyrrole nitrogens is 1. The van der Waals surface area contributed by atoms with E-state index in [1.807, 2.05) is 0 Å². The average molecular weight is 282 g/mol. The molecule has 4 amide bonds. The number of hydrogen-bond acceptors (Lipinski definition) is 6. The fraction of sp³-hybridized carbons (Fsp3) is 0.500. The highest BCUT2D eigenvalue weighted by Gasteiger charge is 2.44. The van der Waals surface area contributed by atoms with Crippen LogP contribution in [0.25, 0.3) is 0 Å². The maximum absolute atomic E-state index is 11.9. The molecular formula is C10H14N6O4. The fourth-order valence-corrected chi connectivity index (χ4v) is 1.67. The molecule has 1 aliphatic rings. The third-order valence-corrected chi connectivity index (χ3v) is 2.65. The molecule has 0 bridgehead atoms. The maximum atomic E-state index is 11.9. The number of carbonyl (C=O) groups is 3. The average Bonchev–Trinajstić information content (AvgIpc) is 2.88. The molecule has 0 aliphatic carbocycles. The van der Waals surface area contributed by atoms with Crippen molar-refractivity contribution in [2.45, 2.75) is 19.4 Å². The van der Waals surface area contributed by atoms with Gasteiger partial charge in [0, 0.05) is 0 Å². The van der Waals surface area contributed by atoms with E-state index in [0.29, 0.717) is 0 Å². The van der Waals surface area contributed by atoms with E-state index in [0.717, 1.165) is 4.90 Å². The van der Waals surface area contributed by atoms with Crippen molar-refractivity contribution in [3.05, 3.63) is 0 Å². The first-order valence-corrected chi connectivity index (χ1v) is 5.74. The van der Waals surface area contributed by atoms with Crippen molar-refractivity contribution in [3.63, 3.8) is 0 Å². The Morgan fingerprint density at radius 1 is 1.45 bits per heavy atom. The lowest BCUT2D eigenvalue weighted by Gasteiger charge is -2.15. The summed E-state index contributed by atoms with van der Waals surface area (Å²) in [5.41, 5.74) is -1.01. The normalized spacial score (nSPS) is 17.1. The Hall–Kier alpha value is -2.65. The van der Waals surface area contributed by atoms with E-state index in [4.69, 9.17) is 4.74 Å². The lowest BCUT2D eigenvalue weighted by Crippen LogP contribution is -2.41. The number of carbonyl (C=O) groups excluding carboxylic acids is 3. The van der Waals surface area contributed by atoms with Crippen molar-refractivity contribution < 1.29 is 19.1 Å².